The van der Waals surface area contributed by atoms with E-state index < -0.39 is 16.1 Å². The fourth-order valence-electron chi connectivity index (χ4n) is 2.49. The molecule has 3 aromatic rings. The van der Waals surface area contributed by atoms with E-state index in [1.165, 1.54) is 30.6 Å². The largest absolute Gasteiger partial charge is 0.495 e. The van der Waals surface area contributed by atoms with E-state index in [-0.39, 0.29) is 22.2 Å². The van der Waals surface area contributed by atoms with Gasteiger partial charge < -0.3 is 9.84 Å². The van der Waals surface area contributed by atoms with Gasteiger partial charge in [-0.15, -0.1) is 11.3 Å². The number of ether oxygens (including phenoxy) is 1. The highest BCUT2D eigenvalue weighted by molar-refractivity contribution is 7.89. The molecule has 1 aromatic heterocycles. The lowest BCUT2D eigenvalue weighted by Crippen LogP contribution is -2.28. The molecule has 0 bridgehead atoms. The molecule has 1 atom stereocenters. The average molecular weight is 398 g/mol. The summed E-state index contributed by atoms with van der Waals surface area (Å²) in [6.07, 6.45) is -0.962. The van der Waals surface area contributed by atoms with Crippen molar-refractivity contribution < 1.29 is 18.3 Å². The molecule has 8 heteroatoms. The number of halogens is 1. The molecule has 1 heterocycles. The van der Waals surface area contributed by atoms with Crippen molar-refractivity contribution in [2.75, 3.05) is 13.7 Å². The molecular weight excluding hydrogens is 382 g/mol. The third-order valence-electron chi connectivity index (χ3n) is 3.75. The summed E-state index contributed by atoms with van der Waals surface area (Å²) < 4.78 is 33.6. The molecule has 0 aliphatic carbocycles. The van der Waals surface area contributed by atoms with Gasteiger partial charge in [0.2, 0.25) is 10.0 Å². The number of fused-ring (bicyclic) bond motifs is 1. The Morgan fingerprint density at radius 3 is 2.80 bits per heavy atom. The Balaban J connectivity index is 1.82. The minimum atomic E-state index is -3.88. The molecule has 25 heavy (non-hydrogen) atoms. The van der Waals surface area contributed by atoms with Gasteiger partial charge in [-0.3, -0.25) is 0 Å². The number of nitrogens with one attached hydrogen (secondary N) is 1. The summed E-state index contributed by atoms with van der Waals surface area (Å²) in [4.78, 5) is -0.0649. The Bertz CT molecular complexity index is 1000. The molecule has 2 aromatic carbocycles. The van der Waals surface area contributed by atoms with Crippen molar-refractivity contribution in [2.45, 2.75) is 11.0 Å². The zero-order valence-corrected chi connectivity index (χ0v) is 15.7. The summed E-state index contributed by atoms with van der Waals surface area (Å²) in [5.74, 6) is 0.187. The van der Waals surface area contributed by atoms with Crippen LogP contribution in [0.3, 0.4) is 0 Å². The molecule has 0 saturated heterocycles. The molecule has 5 nitrogen and oxygen atoms in total. The van der Waals surface area contributed by atoms with E-state index in [0.717, 1.165) is 10.1 Å². The first kappa shape index (κ1) is 18.2. The molecular formula is C17H16ClNO4S2. The zero-order valence-electron chi connectivity index (χ0n) is 13.3. The third-order valence-corrected chi connectivity index (χ3v) is 6.41. The topological polar surface area (TPSA) is 75.6 Å². The highest BCUT2D eigenvalue weighted by atomic mass is 35.5. The molecule has 0 radical (unpaired) electrons. The highest BCUT2D eigenvalue weighted by Crippen LogP contribution is 2.31. The zero-order chi connectivity index (χ0) is 18.0. The van der Waals surface area contributed by atoms with Gasteiger partial charge in [0.05, 0.1) is 13.2 Å². The number of benzene rings is 2. The maximum atomic E-state index is 12.5. The van der Waals surface area contributed by atoms with Gasteiger partial charge in [0.1, 0.15) is 10.6 Å². The second-order valence-electron chi connectivity index (χ2n) is 5.35. The molecule has 0 unspecified atom stereocenters. The Kier molecular flexibility index (Phi) is 5.31. The number of rotatable bonds is 6. The van der Waals surface area contributed by atoms with Crippen LogP contribution in [0.1, 0.15) is 11.7 Å². The first-order chi connectivity index (χ1) is 11.9. The van der Waals surface area contributed by atoms with Crippen LogP contribution in [0.2, 0.25) is 5.02 Å². The fraction of sp³-hybridized carbons (Fsp3) is 0.176. The van der Waals surface area contributed by atoms with E-state index in [0.29, 0.717) is 5.56 Å². The van der Waals surface area contributed by atoms with Crippen LogP contribution in [0.15, 0.2) is 52.7 Å². The maximum Gasteiger partial charge on any atom is 0.244 e. The lowest BCUT2D eigenvalue weighted by Gasteiger charge is -2.14. The van der Waals surface area contributed by atoms with Gasteiger partial charge in [-0.2, -0.15) is 0 Å². The minimum absolute atomic E-state index is 0.0649. The number of aliphatic hydroxyl groups excluding tert-OH is 1. The lowest BCUT2D eigenvalue weighted by atomic mass is 10.1. The summed E-state index contributed by atoms with van der Waals surface area (Å²) in [5, 5.41) is 13.5. The van der Waals surface area contributed by atoms with Crippen molar-refractivity contribution in [1.82, 2.24) is 4.72 Å². The van der Waals surface area contributed by atoms with Crippen molar-refractivity contribution in [3.05, 3.63) is 58.4 Å². The quantitative estimate of drug-likeness (QED) is 0.666. The number of aliphatic hydroxyl groups is 1. The van der Waals surface area contributed by atoms with Gasteiger partial charge in [0.25, 0.3) is 0 Å². The van der Waals surface area contributed by atoms with Gasteiger partial charge in [0, 0.05) is 21.8 Å². The molecule has 0 saturated carbocycles. The minimum Gasteiger partial charge on any atom is -0.495 e. The number of hydrogen-bond acceptors (Lipinski definition) is 5. The smallest absolute Gasteiger partial charge is 0.244 e. The summed E-state index contributed by atoms with van der Waals surface area (Å²) in [6.45, 7) is -0.154. The Morgan fingerprint density at radius 2 is 2.04 bits per heavy atom. The van der Waals surface area contributed by atoms with E-state index >= 15 is 0 Å². The van der Waals surface area contributed by atoms with Crippen LogP contribution in [0, 0.1) is 0 Å². The first-order valence-corrected chi connectivity index (χ1v) is 10.1. The van der Waals surface area contributed by atoms with Crippen LogP contribution in [-0.2, 0) is 10.0 Å². The van der Waals surface area contributed by atoms with Crippen LogP contribution in [0.4, 0.5) is 0 Å². The molecule has 0 aliphatic rings. The van der Waals surface area contributed by atoms with Crippen molar-refractivity contribution in [1.29, 1.82) is 0 Å². The average Bonchev–Trinajstić information content (AvgIpc) is 3.04. The molecule has 0 amide bonds. The normalized spacial score (nSPS) is 13.1. The van der Waals surface area contributed by atoms with E-state index in [1.54, 1.807) is 6.07 Å². The van der Waals surface area contributed by atoms with Gasteiger partial charge >= 0.3 is 0 Å². The van der Waals surface area contributed by atoms with Gasteiger partial charge in [-0.25, -0.2) is 13.1 Å². The maximum absolute atomic E-state index is 12.5. The highest BCUT2D eigenvalue weighted by Gasteiger charge is 2.22. The van der Waals surface area contributed by atoms with Crippen LogP contribution in [-0.4, -0.2) is 27.2 Å². The van der Waals surface area contributed by atoms with Crippen molar-refractivity contribution in [2.24, 2.45) is 0 Å². The van der Waals surface area contributed by atoms with Crippen LogP contribution < -0.4 is 9.46 Å². The Labute approximate surface area is 154 Å². The molecule has 0 fully saturated rings. The summed E-state index contributed by atoms with van der Waals surface area (Å²) in [6, 6.07) is 12.0. The summed E-state index contributed by atoms with van der Waals surface area (Å²) in [5.41, 5.74) is 0.696. The molecule has 132 valence electrons. The second kappa shape index (κ2) is 7.31. The van der Waals surface area contributed by atoms with Gasteiger partial charge in [0.15, 0.2) is 0 Å². The SMILES string of the molecule is COc1ccc(Cl)cc1S(=O)(=O)NC[C@@H](O)c1csc2ccccc12. The summed E-state index contributed by atoms with van der Waals surface area (Å²) in [7, 11) is -2.50. The predicted molar refractivity (Wildman–Crippen MR) is 100.0 cm³/mol. The fourth-order valence-corrected chi connectivity index (χ4v) is 4.97. The standard InChI is InChI=1S/C17H16ClNO4S2/c1-23-15-7-6-11(18)8-17(15)25(21,22)19-9-14(20)13-10-24-16-5-3-2-4-12(13)16/h2-8,10,14,19-20H,9H2,1H3/t14-/m1/s1. The predicted octanol–water partition coefficient (Wildman–Crippen LogP) is 3.58. The van der Waals surface area contributed by atoms with E-state index in [4.69, 9.17) is 16.3 Å². The molecule has 0 spiro atoms. The Morgan fingerprint density at radius 1 is 1.28 bits per heavy atom. The first-order valence-electron chi connectivity index (χ1n) is 7.40. The van der Waals surface area contributed by atoms with Crippen molar-refractivity contribution in [3.63, 3.8) is 0 Å². The number of thiophene rings is 1. The molecule has 2 N–H and O–H groups in total. The van der Waals surface area contributed by atoms with Crippen LogP contribution >= 0.6 is 22.9 Å². The number of methoxy groups -OCH3 is 1. The lowest BCUT2D eigenvalue weighted by molar-refractivity contribution is 0.184. The Hall–Kier alpha value is -1.64. The van der Waals surface area contributed by atoms with E-state index in [9.17, 15) is 13.5 Å². The van der Waals surface area contributed by atoms with Crippen molar-refractivity contribution >= 4 is 43.0 Å². The number of sulfonamides is 1. The second-order valence-corrected chi connectivity index (χ2v) is 8.43. The van der Waals surface area contributed by atoms with Crippen LogP contribution in [0.5, 0.6) is 5.75 Å². The molecule has 0 aliphatic heterocycles. The van der Waals surface area contributed by atoms with Crippen LogP contribution in [0.25, 0.3) is 10.1 Å². The third kappa shape index (κ3) is 3.80. The van der Waals surface area contributed by atoms with Gasteiger partial charge in [-0.05, 0) is 35.0 Å². The molecule has 3 rings (SSSR count). The monoisotopic (exact) mass is 397 g/mol. The van der Waals surface area contributed by atoms with Gasteiger partial charge in [-0.1, -0.05) is 29.8 Å². The van der Waals surface area contributed by atoms with Crippen molar-refractivity contribution in [3.8, 4) is 5.75 Å². The van der Waals surface area contributed by atoms with E-state index in [1.807, 2.05) is 29.6 Å². The number of hydrogen-bond donors (Lipinski definition) is 2. The van der Waals surface area contributed by atoms with E-state index in [2.05, 4.69) is 4.72 Å². The summed E-state index contributed by atoms with van der Waals surface area (Å²) >= 11 is 7.40.